The number of nitrogens with zero attached hydrogens (tertiary/aromatic N) is 1. The third-order valence-corrected chi connectivity index (χ3v) is 4.30. The van der Waals surface area contributed by atoms with Gasteiger partial charge < -0.3 is 10.7 Å². The van der Waals surface area contributed by atoms with Crippen LogP contribution in [0.3, 0.4) is 0 Å². The number of pyridine rings is 1. The maximum absolute atomic E-state index is 12.2. The molecule has 1 aromatic rings. The molecule has 1 aliphatic carbocycles. The van der Waals surface area contributed by atoms with Gasteiger partial charge in [0, 0.05) is 6.04 Å². The fraction of sp³-hybridized carbons (Fsp3) is 0.538. The lowest BCUT2D eigenvalue weighted by molar-refractivity contribution is 0.0922. The van der Waals surface area contributed by atoms with E-state index in [0.717, 1.165) is 12.8 Å². The summed E-state index contributed by atoms with van der Waals surface area (Å²) in [4.78, 5) is 16.3. The molecule has 0 saturated heterocycles. The van der Waals surface area contributed by atoms with E-state index in [0.29, 0.717) is 22.7 Å². The number of hydrogen-bond donors (Lipinski definition) is 3. The summed E-state index contributed by atoms with van der Waals surface area (Å²) in [5.41, 5.74) is 2.62. The average molecular weight is 283 g/mol. The number of hydrazine groups is 1. The number of nitrogens with one attached hydrogen (secondary N) is 2. The van der Waals surface area contributed by atoms with Crippen LogP contribution >= 0.6 is 11.6 Å². The van der Waals surface area contributed by atoms with Crippen molar-refractivity contribution >= 4 is 23.3 Å². The Balaban J connectivity index is 2.12. The molecule has 1 saturated carbocycles. The molecular formula is C13H19ClN4O. The van der Waals surface area contributed by atoms with Gasteiger partial charge in [-0.25, -0.2) is 10.8 Å². The van der Waals surface area contributed by atoms with E-state index in [9.17, 15) is 4.79 Å². The van der Waals surface area contributed by atoms with Crippen LogP contribution in [0.2, 0.25) is 5.02 Å². The highest BCUT2D eigenvalue weighted by Gasteiger charge is 2.31. The molecule has 0 spiro atoms. The van der Waals surface area contributed by atoms with E-state index in [1.54, 1.807) is 12.1 Å². The molecule has 1 amide bonds. The summed E-state index contributed by atoms with van der Waals surface area (Å²) in [5.74, 6) is 6.56. The van der Waals surface area contributed by atoms with Gasteiger partial charge in [0.1, 0.15) is 11.5 Å². The van der Waals surface area contributed by atoms with Gasteiger partial charge in [0.25, 0.3) is 5.91 Å². The first-order valence-electron chi connectivity index (χ1n) is 6.47. The number of nitrogens with two attached hydrogens (primary N) is 1. The molecular weight excluding hydrogens is 264 g/mol. The Labute approximate surface area is 117 Å². The predicted molar refractivity (Wildman–Crippen MR) is 75.9 cm³/mol. The van der Waals surface area contributed by atoms with Gasteiger partial charge in [0.05, 0.1) is 5.02 Å². The Kier molecular flexibility index (Phi) is 4.27. The number of carbonyl (C=O) groups is 1. The lowest BCUT2D eigenvalue weighted by Gasteiger charge is -2.19. The van der Waals surface area contributed by atoms with Crippen molar-refractivity contribution in [3.05, 3.63) is 22.8 Å². The lowest BCUT2D eigenvalue weighted by Crippen LogP contribution is -2.38. The first-order valence-corrected chi connectivity index (χ1v) is 6.84. The van der Waals surface area contributed by atoms with E-state index in [-0.39, 0.29) is 17.6 Å². The third-order valence-electron chi connectivity index (χ3n) is 3.99. The van der Waals surface area contributed by atoms with E-state index in [1.807, 2.05) is 0 Å². The molecule has 0 radical (unpaired) electrons. The number of hydrogen-bond acceptors (Lipinski definition) is 4. The summed E-state index contributed by atoms with van der Waals surface area (Å²) in [6.45, 7) is 4.37. The Morgan fingerprint density at radius 3 is 2.74 bits per heavy atom. The topological polar surface area (TPSA) is 80.0 Å². The highest BCUT2D eigenvalue weighted by molar-refractivity contribution is 6.33. The summed E-state index contributed by atoms with van der Waals surface area (Å²) >= 11 is 6.01. The van der Waals surface area contributed by atoms with Crippen LogP contribution < -0.4 is 16.6 Å². The van der Waals surface area contributed by atoms with Crippen molar-refractivity contribution in [2.45, 2.75) is 32.7 Å². The first-order chi connectivity index (χ1) is 9.02. The maximum Gasteiger partial charge on any atom is 0.271 e. The molecule has 1 heterocycles. The number of aromatic nitrogens is 1. The zero-order chi connectivity index (χ0) is 14.0. The fourth-order valence-electron chi connectivity index (χ4n) is 2.49. The highest BCUT2D eigenvalue weighted by atomic mass is 35.5. The SMILES string of the molecule is CC1CCC(NC(=O)c2nc(NN)ccc2Cl)C1C. The van der Waals surface area contributed by atoms with Gasteiger partial charge >= 0.3 is 0 Å². The number of amides is 1. The van der Waals surface area contributed by atoms with Crippen molar-refractivity contribution in [1.29, 1.82) is 0 Å². The largest absolute Gasteiger partial charge is 0.348 e. The molecule has 1 aliphatic rings. The summed E-state index contributed by atoms with van der Waals surface area (Å²) in [6.07, 6.45) is 2.14. The third kappa shape index (κ3) is 2.98. The molecule has 3 unspecified atom stereocenters. The van der Waals surface area contributed by atoms with Gasteiger partial charge in [-0.05, 0) is 36.8 Å². The second-order valence-corrected chi connectivity index (χ2v) is 5.57. The van der Waals surface area contributed by atoms with Gasteiger partial charge in [0.15, 0.2) is 0 Å². The fourth-order valence-corrected chi connectivity index (χ4v) is 2.68. The van der Waals surface area contributed by atoms with Crippen molar-refractivity contribution in [3.63, 3.8) is 0 Å². The van der Waals surface area contributed by atoms with Gasteiger partial charge in [-0.2, -0.15) is 0 Å². The van der Waals surface area contributed by atoms with E-state index < -0.39 is 0 Å². The summed E-state index contributed by atoms with van der Waals surface area (Å²) < 4.78 is 0. The molecule has 104 valence electrons. The number of nitrogen functional groups attached to an aromatic ring is 1. The zero-order valence-electron chi connectivity index (χ0n) is 11.1. The highest BCUT2D eigenvalue weighted by Crippen LogP contribution is 2.31. The van der Waals surface area contributed by atoms with Crippen LogP contribution in [0.5, 0.6) is 0 Å². The minimum absolute atomic E-state index is 0.190. The van der Waals surface area contributed by atoms with Crippen LogP contribution in [0.15, 0.2) is 12.1 Å². The quantitative estimate of drug-likeness (QED) is 0.586. The van der Waals surface area contributed by atoms with Crippen LogP contribution in [-0.4, -0.2) is 16.9 Å². The second kappa shape index (κ2) is 5.75. The van der Waals surface area contributed by atoms with Crippen molar-refractivity contribution in [3.8, 4) is 0 Å². The lowest BCUT2D eigenvalue weighted by atomic mass is 9.98. The Morgan fingerprint density at radius 2 is 2.16 bits per heavy atom. The molecule has 0 bridgehead atoms. The van der Waals surface area contributed by atoms with Crippen molar-refractivity contribution in [2.24, 2.45) is 17.7 Å². The van der Waals surface area contributed by atoms with Crippen LogP contribution in [0.25, 0.3) is 0 Å². The molecule has 1 fully saturated rings. The van der Waals surface area contributed by atoms with Gasteiger partial charge in [-0.3, -0.25) is 4.79 Å². The molecule has 19 heavy (non-hydrogen) atoms. The molecule has 6 heteroatoms. The zero-order valence-corrected chi connectivity index (χ0v) is 11.9. The summed E-state index contributed by atoms with van der Waals surface area (Å²) in [7, 11) is 0. The Bertz CT molecular complexity index is 480. The molecule has 5 nitrogen and oxygen atoms in total. The number of halogens is 1. The van der Waals surface area contributed by atoms with Gasteiger partial charge in [-0.1, -0.05) is 25.4 Å². The van der Waals surface area contributed by atoms with Crippen molar-refractivity contribution in [2.75, 3.05) is 5.43 Å². The van der Waals surface area contributed by atoms with Crippen LogP contribution in [0.1, 0.15) is 37.2 Å². The normalized spacial score (nSPS) is 26.2. The van der Waals surface area contributed by atoms with Gasteiger partial charge in [-0.15, -0.1) is 0 Å². The minimum Gasteiger partial charge on any atom is -0.348 e. The smallest absolute Gasteiger partial charge is 0.271 e. The van der Waals surface area contributed by atoms with E-state index in [4.69, 9.17) is 17.4 Å². The predicted octanol–water partition coefficient (Wildman–Crippen LogP) is 2.18. The van der Waals surface area contributed by atoms with Crippen LogP contribution in [0.4, 0.5) is 5.82 Å². The number of rotatable bonds is 3. The summed E-state index contributed by atoms with van der Waals surface area (Å²) in [5, 5.41) is 3.34. The molecule has 0 aromatic carbocycles. The maximum atomic E-state index is 12.2. The van der Waals surface area contributed by atoms with E-state index >= 15 is 0 Å². The molecule has 2 rings (SSSR count). The van der Waals surface area contributed by atoms with E-state index in [2.05, 4.69) is 29.6 Å². The van der Waals surface area contributed by atoms with Crippen LogP contribution in [-0.2, 0) is 0 Å². The second-order valence-electron chi connectivity index (χ2n) is 5.16. The van der Waals surface area contributed by atoms with Crippen molar-refractivity contribution < 1.29 is 4.79 Å². The van der Waals surface area contributed by atoms with Crippen molar-refractivity contribution in [1.82, 2.24) is 10.3 Å². The monoisotopic (exact) mass is 282 g/mol. The molecule has 0 aliphatic heterocycles. The Hall–Kier alpha value is -1.33. The first kappa shape index (κ1) is 14.1. The minimum atomic E-state index is -0.243. The standard InChI is InChI=1S/C13H19ClN4O/c1-7-3-5-10(8(7)2)16-13(19)12-9(14)4-6-11(17-12)18-15/h4,6-8,10H,3,5,15H2,1-2H3,(H,16,19)(H,17,18). The Morgan fingerprint density at radius 1 is 1.42 bits per heavy atom. The van der Waals surface area contributed by atoms with Crippen LogP contribution in [0, 0.1) is 11.8 Å². The molecule has 1 aromatic heterocycles. The average Bonchev–Trinajstić information content (AvgIpc) is 2.71. The van der Waals surface area contributed by atoms with E-state index in [1.165, 1.54) is 0 Å². The van der Waals surface area contributed by atoms with Gasteiger partial charge in [0.2, 0.25) is 0 Å². The summed E-state index contributed by atoms with van der Waals surface area (Å²) in [6, 6.07) is 3.42. The molecule has 4 N–H and O–H groups in total. The number of anilines is 1. The molecule has 3 atom stereocenters. The number of carbonyl (C=O) groups excluding carboxylic acids is 1.